The largest absolute Gasteiger partial charge is 0.508 e. The van der Waals surface area contributed by atoms with Crippen LogP contribution in [0.5, 0.6) is 5.75 Å². The molecule has 6 nitrogen and oxygen atoms in total. The van der Waals surface area contributed by atoms with Crippen LogP contribution in [-0.2, 0) is 0 Å². The molecule has 1 aliphatic carbocycles. The molecule has 0 radical (unpaired) electrons. The third-order valence-electron chi connectivity index (χ3n) is 3.18. The Labute approximate surface area is 104 Å². The predicted molar refractivity (Wildman–Crippen MR) is 64.4 cm³/mol. The summed E-state index contributed by atoms with van der Waals surface area (Å²) in [6.07, 6.45) is 1.89. The van der Waals surface area contributed by atoms with Gasteiger partial charge < -0.3 is 10.4 Å². The van der Waals surface area contributed by atoms with Crippen molar-refractivity contribution in [3.63, 3.8) is 0 Å². The molecule has 2 atom stereocenters. The summed E-state index contributed by atoms with van der Waals surface area (Å²) in [5.74, 6) is -0.197. The molecule has 2 rings (SSSR count). The van der Waals surface area contributed by atoms with Gasteiger partial charge in [0.1, 0.15) is 11.3 Å². The van der Waals surface area contributed by atoms with Crippen LogP contribution in [0.15, 0.2) is 18.2 Å². The number of nitrogens with zero attached hydrogens (tertiary/aromatic N) is 1. The smallest absolute Gasteiger partial charge is 0.282 e. The number of nitro groups is 1. The van der Waals surface area contributed by atoms with Crippen LogP contribution in [-0.4, -0.2) is 22.0 Å². The van der Waals surface area contributed by atoms with E-state index in [1.807, 2.05) is 6.92 Å². The molecule has 1 fully saturated rings. The highest BCUT2D eigenvalue weighted by atomic mass is 16.6. The molecule has 1 saturated carbocycles. The molecule has 0 aromatic heterocycles. The predicted octanol–water partition coefficient (Wildman–Crippen LogP) is 1.83. The number of nitrogens with one attached hydrogen (secondary N) is 1. The Bertz CT molecular complexity index is 501. The maximum Gasteiger partial charge on any atom is 0.282 e. The summed E-state index contributed by atoms with van der Waals surface area (Å²) in [7, 11) is 0. The van der Waals surface area contributed by atoms with Gasteiger partial charge in [0.2, 0.25) is 0 Å². The topological polar surface area (TPSA) is 92.5 Å². The first kappa shape index (κ1) is 12.3. The number of carbonyl (C=O) groups is 1. The van der Waals surface area contributed by atoms with Gasteiger partial charge in [-0.05, 0) is 24.5 Å². The van der Waals surface area contributed by atoms with Crippen LogP contribution in [0.2, 0.25) is 0 Å². The lowest BCUT2D eigenvalue weighted by molar-refractivity contribution is -0.385. The molecule has 0 bridgehead atoms. The summed E-state index contributed by atoms with van der Waals surface area (Å²) < 4.78 is 0. The lowest BCUT2D eigenvalue weighted by atomic mass is 10.1. The van der Waals surface area contributed by atoms with Gasteiger partial charge in [0, 0.05) is 12.1 Å². The molecule has 96 valence electrons. The fourth-order valence-corrected chi connectivity index (χ4v) is 1.99. The van der Waals surface area contributed by atoms with Gasteiger partial charge in [-0.15, -0.1) is 0 Å². The van der Waals surface area contributed by atoms with E-state index in [1.54, 1.807) is 0 Å². The fourth-order valence-electron chi connectivity index (χ4n) is 1.99. The Morgan fingerprint density at radius 1 is 1.61 bits per heavy atom. The molecule has 0 heterocycles. The highest BCUT2D eigenvalue weighted by molar-refractivity contribution is 5.98. The summed E-state index contributed by atoms with van der Waals surface area (Å²) in [5.41, 5.74) is -0.388. The molecule has 18 heavy (non-hydrogen) atoms. The van der Waals surface area contributed by atoms with Crippen molar-refractivity contribution >= 4 is 11.6 Å². The number of benzene rings is 1. The summed E-state index contributed by atoms with van der Waals surface area (Å²) >= 11 is 0. The van der Waals surface area contributed by atoms with E-state index < -0.39 is 10.8 Å². The number of phenols is 1. The quantitative estimate of drug-likeness (QED) is 0.629. The molecule has 1 aromatic carbocycles. The molecule has 6 heteroatoms. The van der Waals surface area contributed by atoms with Crippen LogP contribution in [0.25, 0.3) is 0 Å². The number of carbonyl (C=O) groups excluding carboxylic acids is 1. The Hall–Kier alpha value is -2.11. The van der Waals surface area contributed by atoms with Crippen molar-refractivity contribution < 1.29 is 14.8 Å². The Morgan fingerprint density at radius 3 is 2.89 bits per heavy atom. The average Bonchev–Trinajstić information content (AvgIpc) is 3.06. The molecule has 1 amide bonds. The number of nitro benzene ring substituents is 1. The third-order valence-corrected chi connectivity index (χ3v) is 3.18. The van der Waals surface area contributed by atoms with Crippen molar-refractivity contribution in [2.24, 2.45) is 5.92 Å². The molecular weight excluding hydrogens is 236 g/mol. The van der Waals surface area contributed by atoms with Gasteiger partial charge >= 0.3 is 0 Å². The molecule has 1 aliphatic rings. The molecule has 0 saturated heterocycles. The van der Waals surface area contributed by atoms with E-state index in [9.17, 15) is 20.0 Å². The van der Waals surface area contributed by atoms with Crippen molar-refractivity contribution in [2.75, 3.05) is 0 Å². The minimum absolute atomic E-state index is 0.0956. The number of amides is 1. The Balaban J connectivity index is 2.18. The van der Waals surface area contributed by atoms with Gasteiger partial charge in [0.05, 0.1) is 4.92 Å². The number of hydrogen-bond donors (Lipinski definition) is 2. The van der Waals surface area contributed by atoms with Crippen LogP contribution < -0.4 is 5.32 Å². The zero-order valence-corrected chi connectivity index (χ0v) is 9.92. The molecule has 0 aliphatic heterocycles. The van der Waals surface area contributed by atoms with Crippen molar-refractivity contribution in [1.82, 2.24) is 5.32 Å². The zero-order chi connectivity index (χ0) is 13.3. The fraction of sp³-hybridized carbons (Fsp3) is 0.417. The van der Waals surface area contributed by atoms with E-state index in [4.69, 9.17) is 0 Å². The first-order chi connectivity index (χ1) is 8.52. The van der Waals surface area contributed by atoms with E-state index in [-0.39, 0.29) is 23.0 Å². The van der Waals surface area contributed by atoms with Gasteiger partial charge in [-0.3, -0.25) is 14.9 Å². The van der Waals surface area contributed by atoms with Gasteiger partial charge in [-0.25, -0.2) is 0 Å². The van der Waals surface area contributed by atoms with Crippen molar-refractivity contribution in [2.45, 2.75) is 25.8 Å². The molecular formula is C12H14N2O4. The normalized spacial score (nSPS) is 21.4. The SMILES string of the molecule is CCC1CC1NC(=O)c1cc(O)ccc1[N+](=O)[O-]. The maximum absolute atomic E-state index is 11.9. The van der Waals surface area contributed by atoms with Crippen molar-refractivity contribution in [3.05, 3.63) is 33.9 Å². The minimum Gasteiger partial charge on any atom is -0.508 e. The molecule has 0 spiro atoms. The molecule has 2 unspecified atom stereocenters. The first-order valence-electron chi connectivity index (χ1n) is 5.81. The number of phenolic OH excluding ortho intramolecular Hbond substituents is 1. The van der Waals surface area contributed by atoms with E-state index in [0.29, 0.717) is 5.92 Å². The number of rotatable bonds is 4. The van der Waals surface area contributed by atoms with Crippen LogP contribution in [0.3, 0.4) is 0 Å². The van der Waals surface area contributed by atoms with E-state index in [2.05, 4.69) is 5.32 Å². The first-order valence-corrected chi connectivity index (χ1v) is 5.81. The second-order valence-corrected chi connectivity index (χ2v) is 4.44. The van der Waals surface area contributed by atoms with Crippen LogP contribution in [0.4, 0.5) is 5.69 Å². The van der Waals surface area contributed by atoms with Gasteiger partial charge in [-0.1, -0.05) is 13.3 Å². The zero-order valence-electron chi connectivity index (χ0n) is 9.92. The van der Waals surface area contributed by atoms with Gasteiger partial charge in [0.25, 0.3) is 11.6 Å². The third kappa shape index (κ3) is 2.42. The van der Waals surface area contributed by atoms with E-state index in [0.717, 1.165) is 25.0 Å². The monoisotopic (exact) mass is 250 g/mol. The van der Waals surface area contributed by atoms with E-state index in [1.165, 1.54) is 6.07 Å². The van der Waals surface area contributed by atoms with Crippen LogP contribution in [0.1, 0.15) is 30.1 Å². The summed E-state index contributed by atoms with van der Waals surface area (Å²) in [6, 6.07) is 3.55. The summed E-state index contributed by atoms with van der Waals surface area (Å²) in [5, 5.41) is 22.9. The highest BCUT2D eigenvalue weighted by Gasteiger charge is 2.37. The van der Waals surface area contributed by atoms with Crippen molar-refractivity contribution in [1.29, 1.82) is 0 Å². The lowest BCUT2D eigenvalue weighted by Gasteiger charge is -2.05. The lowest BCUT2D eigenvalue weighted by Crippen LogP contribution is -2.27. The highest BCUT2D eigenvalue weighted by Crippen LogP contribution is 2.34. The summed E-state index contributed by atoms with van der Waals surface area (Å²) in [6.45, 7) is 2.04. The second kappa shape index (κ2) is 4.64. The standard InChI is InChI=1S/C12H14N2O4/c1-2-7-5-10(7)13-12(16)9-6-8(15)3-4-11(9)14(17)18/h3-4,6-7,10,15H,2,5H2,1H3,(H,13,16). The number of hydrogen-bond acceptors (Lipinski definition) is 4. The second-order valence-electron chi connectivity index (χ2n) is 4.44. The maximum atomic E-state index is 11.9. The van der Waals surface area contributed by atoms with Crippen LogP contribution in [0, 0.1) is 16.0 Å². The Morgan fingerprint density at radius 2 is 2.33 bits per heavy atom. The summed E-state index contributed by atoms with van der Waals surface area (Å²) in [4.78, 5) is 22.1. The number of aromatic hydroxyl groups is 1. The minimum atomic E-state index is -0.626. The van der Waals surface area contributed by atoms with Gasteiger partial charge in [-0.2, -0.15) is 0 Å². The average molecular weight is 250 g/mol. The van der Waals surface area contributed by atoms with Gasteiger partial charge in [0.15, 0.2) is 0 Å². The van der Waals surface area contributed by atoms with Crippen molar-refractivity contribution in [3.8, 4) is 5.75 Å². The molecule has 1 aromatic rings. The molecule has 2 N–H and O–H groups in total. The van der Waals surface area contributed by atoms with Crippen LogP contribution >= 0.6 is 0 Å². The Kier molecular flexibility index (Phi) is 3.18. The van der Waals surface area contributed by atoms with E-state index >= 15 is 0 Å².